The van der Waals surface area contributed by atoms with Crippen LogP contribution >= 0.6 is 0 Å². The molecular formula is C18H12F6N4. The summed E-state index contributed by atoms with van der Waals surface area (Å²) < 4.78 is 78.0. The zero-order valence-electron chi connectivity index (χ0n) is 14.2. The van der Waals surface area contributed by atoms with E-state index >= 15 is 0 Å². The molecule has 0 saturated carbocycles. The first-order valence-electron chi connectivity index (χ1n) is 7.84. The summed E-state index contributed by atoms with van der Waals surface area (Å²) in [4.78, 5) is 8.13. The summed E-state index contributed by atoms with van der Waals surface area (Å²) in [6, 6.07) is 7.40. The molecule has 0 aliphatic heterocycles. The first-order chi connectivity index (χ1) is 13.1. The molecule has 146 valence electrons. The highest BCUT2D eigenvalue weighted by Gasteiger charge is 2.29. The molecule has 1 aromatic heterocycles. The molecule has 0 fully saturated rings. The topological polar surface area (TPSA) is 49.8 Å². The number of benzene rings is 2. The molecule has 0 saturated heterocycles. The molecule has 10 heteroatoms. The number of anilines is 4. The molecule has 0 bridgehead atoms. The Morgan fingerprint density at radius 3 is 2.14 bits per heavy atom. The van der Waals surface area contributed by atoms with Gasteiger partial charge in [-0.05, 0) is 43.3 Å². The molecule has 2 N–H and O–H groups in total. The van der Waals surface area contributed by atoms with Gasteiger partial charge in [0.05, 0.1) is 11.3 Å². The number of aromatic nitrogens is 2. The minimum atomic E-state index is -4.45. The van der Waals surface area contributed by atoms with Gasteiger partial charge in [0.1, 0.15) is 5.82 Å². The summed E-state index contributed by atoms with van der Waals surface area (Å²) in [5.41, 5.74) is -0.407. The summed E-state index contributed by atoms with van der Waals surface area (Å²) in [6.07, 6.45) is -4.45. The number of hydrogen-bond acceptors (Lipinski definition) is 4. The van der Waals surface area contributed by atoms with Gasteiger partial charge < -0.3 is 10.6 Å². The van der Waals surface area contributed by atoms with Gasteiger partial charge in [-0.2, -0.15) is 18.2 Å². The van der Waals surface area contributed by atoms with E-state index in [1.54, 1.807) is 6.92 Å². The number of nitrogens with one attached hydrogen (secondary N) is 2. The fourth-order valence-corrected chi connectivity index (χ4v) is 2.32. The standard InChI is InChI=1S/C18H12F6N4/c1-9-8-14(27-13-7-6-12(19)15(20)16(13)21)28-17(25-9)26-11-4-2-10(3-5-11)18(22,23)24/h2-8H,1H3,(H2,25,26,27,28). The molecule has 0 spiro atoms. The Morgan fingerprint density at radius 1 is 0.821 bits per heavy atom. The largest absolute Gasteiger partial charge is 0.416 e. The van der Waals surface area contributed by atoms with Crippen LogP contribution in [0.2, 0.25) is 0 Å². The minimum Gasteiger partial charge on any atom is -0.338 e. The molecule has 2 aromatic carbocycles. The molecule has 0 unspecified atom stereocenters. The molecule has 28 heavy (non-hydrogen) atoms. The van der Waals surface area contributed by atoms with Crippen LogP contribution in [0.1, 0.15) is 11.3 Å². The molecule has 1 heterocycles. The fraction of sp³-hybridized carbons (Fsp3) is 0.111. The molecule has 0 radical (unpaired) electrons. The number of alkyl halides is 3. The van der Waals surface area contributed by atoms with Crippen molar-refractivity contribution in [2.45, 2.75) is 13.1 Å². The second-order valence-corrected chi connectivity index (χ2v) is 5.77. The summed E-state index contributed by atoms with van der Waals surface area (Å²) in [6.45, 7) is 1.60. The second kappa shape index (κ2) is 7.37. The molecule has 0 atom stereocenters. The second-order valence-electron chi connectivity index (χ2n) is 5.77. The van der Waals surface area contributed by atoms with E-state index in [2.05, 4.69) is 20.6 Å². The Morgan fingerprint density at radius 2 is 1.50 bits per heavy atom. The maximum absolute atomic E-state index is 13.8. The van der Waals surface area contributed by atoms with Crippen LogP contribution in [-0.4, -0.2) is 9.97 Å². The lowest BCUT2D eigenvalue weighted by Crippen LogP contribution is -2.06. The van der Waals surface area contributed by atoms with Crippen molar-refractivity contribution in [1.29, 1.82) is 0 Å². The smallest absolute Gasteiger partial charge is 0.338 e. The highest BCUT2D eigenvalue weighted by atomic mass is 19.4. The van der Waals surface area contributed by atoms with Gasteiger partial charge in [0, 0.05) is 17.4 Å². The van der Waals surface area contributed by atoms with Crippen molar-refractivity contribution >= 4 is 23.1 Å². The first kappa shape index (κ1) is 19.5. The van der Waals surface area contributed by atoms with E-state index in [1.807, 2.05) is 0 Å². The average molecular weight is 398 g/mol. The van der Waals surface area contributed by atoms with E-state index in [-0.39, 0.29) is 17.5 Å². The van der Waals surface area contributed by atoms with Gasteiger partial charge in [-0.25, -0.2) is 18.2 Å². The van der Waals surface area contributed by atoms with Crippen molar-refractivity contribution < 1.29 is 26.3 Å². The predicted octanol–water partition coefficient (Wildman–Crippen LogP) is 5.71. The van der Waals surface area contributed by atoms with Gasteiger partial charge in [-0.15, -0.1) is 0 Å². The SMILES string of the molecule is Cc1cc(Nc2ccc(F)c(F)c2F)nc(Nc2ccc(C(F)(F)F)cc2)n1. The van der Waals surface area contributed by atoms with E-state index in [4.69, 9.17) is 0 Å². The van der Waals surface area contributed by atoms with Crippen LogP contribution in [0.4, 0.5) is 49.5 Å². The predicted molar refractivity (Wildman–Crippen MR) is 91.1 cm³/mol. The third-order valence-electron chi connectivity index (χ3n) is 3.62. The van der Waals surface area contributed by atoms with Crippen LogP contribution in [-0.2, 0) is 6.18 Å². The van der Waals surface area contributed by atoms with Gasteiger partial charge in [0.15, 0.2) is 17.5 Å². The third-order valence-corrected chi connectivity index (χ3v) is 3.62. The van der Waals surface area contributed by atoms with Crippen LogP contribution < -0.4 is 10.6 Å². The quantitative estimate of drug-likeness (QED) is 0.437. The summed E-state index contributed by atoms with van der Waals surface area (Å²) >= 11 is 0. The van der Waals surface area contributed by atoms with Crippen LogP contribution in [0, 0.1) is 24.4 Å². The molecule has 3 aromatic rings. The van der Waals surface area contributed by atoms with E-state index < -0.39 is 29.2 Å². The zero-order valence-corrected chi connectivity index (χ0v) is 14.2. The highest BCUT2D eigenvalue weighted by Crippen LogP contribution is 2.30. The number of rotatable bonds is 4. The van der Waals surface area contributed by atoms with Crippen molar-refractivity contribution in [3.63, 3.8) is 0 Å². The number of halogens is 6. The Bertz CT molecular complexity index is 1000. The van der Waals surface area contributed by atoms with Crippen LogP contribution in [0.3, 0.4) is 0 Å². The van der Waals surface area contributed by atoms with Gasteiger partial charge >= 0.3 is 6.18 Å². The number of nitrogens with zero attached hydrogens (tertiary/aromatic N) is 2. The summed E-state index contributed by atoms with van der Waals surface area (Å²) in [5, 5.41) is 5.24. The van der Waals surface area contributed by atoms with Crippen molar-refractivity contribution in [2.75, 3.05) is 10.6 Å². The zero-order chi connectivity index (χ0) is 20.5. The maximum atomic E-state index is 13.8. The van der Waals surface area contributed by atoms with E-state index in [1.165, 1.54) is 18.2 Å². The maximum Gasteiger partial charge on any atom is 0.416 e. The van der Waals surface area contributed by atoms with Crippen molar-refractivity contribution in [2.24, 2.45) is 0 Å². The summed E-state index contributed by atoms with van der Waals surface area (Å²) in [7, 11) is 0. The molecule has 0 aliphatic rings. The molecule has 3 rings (SSSR count). The van der Waals surface area contributed by atoms with E-state index in [0.29, 0.717) is 11.4 Å². The van der Waals surface area contributed by atoms with E-state index in [0.717, 1.165) is 24.3 Å². The monoisotopic (exact) mass is 398 g/mol. The van der Waals surface area contributed by atoms with Crippen molar-refractivity contribution in [1.82, 2.24) is 9.97 Å². The van der Waals surface area contributed by atoms with Crippen LogP contribution in [0.25, 0.3) is 0 Å². The average Bonchev–Trinajstić information content (AvgIpc) is 2.61. The Balaban J connectivity index is 1.83. The van der Waals surface area contributed by atoms with Crippen LogP contribution in [0.5, 0.6) is 0 Å². The number of hydrogen-bond donors (Lipinski definition) is 2. The lowest BCUT2D eigenvalue weighted by Gasteiger charge is -2.12. The minimum absolute atomic E-state index is 0.0188. The fourth-order valence-electron chi connectivity index (χ4n) is 2.32. The van der Waals surface area contributed by atoms with Gasteiger partial charge in [0.2, 0.25) is 5.95 Å². The molecule has 4 nitrogen and oxygen atoms in total. The molecule has 0 aliphatic carbocycles. The van der Waals surface area contributed by atoms with Crippen molar-refractivity contribution in [3.05, 3.63) is 71.2 Å². The van der Waals surface area contributed by atoms with Gasteiger partial charge in [0.25, 0.3) is 0 Å². The van der Waals surface area contributed by atoms with E-state index in [9.17, 15) is 26.3 Å². The summed E-state index contributed by atoms with van der Waals surface area (Å²) in [5.74, 6) is -4.27. The lowest BCUT2D eigenvalue weighted by atomic mass is 10.2. The molecule has 0 amide bonds. The van der Waals surface area contributed by atoms with Gasteiger partial charge in [-0.1, -0.05) is 0 Å². The van der Waals surface area contributed by atoms with Crippen molar-refractivity contribution in [3.8, 4) is 0 Å². The Hall–Kier alpha value is -3.30. The third kappa shape index (κ3) is 4.33. The first-order valence-corrected chi connectivity index (χ1v) is 7.84. The number of aryl methyl sites for hydroxylation is 1. The van der Waals surface area contributed by atoms with Gasteiger partial charge in [-0.3, -0.25) is 0 Å². The normalized spacial score (nSPS) is 11.4. The lowest BCUT2D eigenvalue weighted by molar-refractivity contribution is -0.137. The van der Waals surface area contributed by atoms with Crippen LogP contribution in [0.15, 0.2) is 42.5 Å². The Kier molecular flexibility index (Phi) is 5.12. The highest BCUT2D eigenvalue weighted by molar-refractivity contribution is 5.61. The molecular weight excluding hydrogens is 386 g/mol. The Labute approximate surface area is 155 Å².